The normalized spacial score (nSPS) is 17.2. The highest BCUT2D eigenvalue weighted by Crippen LogP contribution is 2.26. The number of nitrogens with zero attached hydrogens (tertiary/aromatic N) is 3. The van der Waals surface area contributed by atoms with Crippen LogP contribution in [0.3, 0.4) is 0 Å². The molecule has 3 rings (SSSR count). The van der Waals surface area contributed by atoms with Crippen LogP contribution in [0.25, 0.3) is 0 Å². The van der Waals surface area contributed by atoms with Crippen molar-refractivity contribution < 1.29 is 18.8 Å². The van der Waals surface area contributed by atoms with Crippen molar-refractivity contribution in [3.63, 3.8) is 0 Å². The van der Waals surface area contributed by atoms with E-state index in [-0.39, 0.29) is 24.8 Å². The smallest absolute Gasteiger partial charge is 0.246 e. The van der Waals surface area contributed by atoms with Crippen LogP contribution >= 0.6 is 0 Å². The van der Waals surface area contributed by atoms with Gasteiger partial charge in [-0.15, -0.1) is 0 Å². The standard InChI is InChI=1S/C16H18N4O4/c1-10-18-14(24-19-10)8-17-16(22)11-7-15(21)20(9-11)12-3-5-13(23-2)6-4-12/h3-6,11H,7-9H2,1-2H3,(H,17,22)/t11-/m1/s1. The van der Waals surface area contributed by atoms with E-state index in [9.17, 15) is 9.59 Å². The van der Waals surface area contributed by atoms with Crippen molar-refractivity contribution in [2.45, 2.75) is 19.9 Å². The van der Waals surface area contributed by atoms with Crippen LogP contribution in [0.5, 0.6) is 5.75 Å². The minimum Gasteiger partial charge on any atom is -0.497 e. The molecule has 24 heavy (non-hydrogen) atoms. The van der Waals surface area contributed by atoms with E-state index in [0.29, 0.717) is 18.3 Å². The van der Waals surface area contributed by atoms with Crippen LogP contribution < -0.4 is 15.0 Å². The molecule has 1 fully saturated rings. The average molecular weight is 330 g/mol. The quantitative estimate of drug-likeness (QED) is 0.880. The number of hydrogen-bond donors (Lipinski definition) is 1. The van der Waals surface area contributed by atoms with Crippen molar-refractivity contribution in [1.82, 2.24) is 15.5 Å². The predicted molar refractivity (Wildman–Crippen MR) is 84.3 cm³/mol. The van der Waals surface area contributed by atoms with Gasteiger partial charge in [-0.25, -0.2) is 0 Å². The van der Waals surface area contributed by atoms with Gasteiger partial charge in [0.2, 0.25) is 17.7 Å². The van der Waals surface area contributed by atoms with E-state index in [1.807, 2.05) is 0 Å². The number of methoxy groups -OCH3 is 1. The number of carbonyl (C=O) groups excluding carboxylic acids is 2. The lowest BCUT2D eigenvalue weighted by molar-refractivity contribution is -0.126. The second kappa shape index (κ2) is 6.69. The number of benzene rings is 1. The second-order valence-corrected chi connectivity index (χ2v) is 5.56. The van der Waals surface area contributed by atoms with Gasteiger partial charge in [0.25, 0.3) is 0 Å². The molecule has 1 saturated heterocycles. The van der Waals surface area contributed by atoms with Crippen LogP contribution in [0.4, 0.5) is 5.69 Å². The average Bonchev–Trinajstić information content (AvgIpc) is 3.18. The van der Waals surface area contributed by atoms with E-state index in [0.717, 1.165) is 11.4 Å². The fourth-order valence-electron chi connectivity index (χ4n) is 2.61. The maximum atomic E-state index is 12.2. The molecule has 1 aromatic heterocycles. The lowest BCUT2D eigenvalue weighted by Gasteiger charge is -2.17. The molecule has 2 heterocycles. The van der Waals surface area contributed by atoms with E-state index in [1.165, 1.54) is 0 Å². The number of ether oxygens (including phenoxy) is 1. The monoisotopic (exact) mass is 330 g/mol. The highest BCUT2D eigenvalue weighted by atomic mass is 16.5. The molecule has 0 spiro atoms. The topological polar surface area (TPSA) is 97.6 Å². The number of aryl methyl sites for hydroxylation is 1. The van der Waals surface area contributed by atoms with Crippen LogP contribution in [0.15, 0.2) is 28.8 Å². The minimum atomic E-state index is -0.399. The Labute approximate surface area is 138 Å². The molecule has 0 aliphatic carbocycles. The zero-order valence-electron chi connectivity index (χ0n) is 13.5. The molecule has 0 radical (unpaired) electrons. The van der Waals surface area contributed by atoms with Gasteiger partial charge in [0, 0.05) is 18.7 Å². The molecule has 0 saturated carbocycles. The summed E-state index contributed by atoms with van der Waals surface area (Å²) in [5.41, 5.74) is 0.753. The molecule has 1 aliphatic heterocycles. The van der Waals surface area contributed by atoms with Crippen LogP contribution in [-0.4, -0.2) is 35.6 Å². The Morgan fingerprint density at radius 1 is 1.42 bits per heavy atom. The zero-order valence-corrected chi connectivity index (χ0v) is 13.5. The fraction of sp³-hybridized carbons (Fsp3) is 0.375. The van der Waals surface area contributed by atoms with Gasteiger partial charge in [-0.2, -0.15) is 4.98 Å². The van der Waals surface area contributed by atoms with Gasteiger partial charge in [0.05, 0.1) is 19.6 Å². The van der Waals surface area contributed by atoms with Gasteiger partial charge in [-0.3, -0.25) is 9.59 Å². The first-order chi connectivity index (χ1) is 11.6. The Morgan fingerprint density at radius 2 is 2.17 bits per heavy atom. The van der Waals surface area contributed by atoms with Crippen molar-refractivity contribution in [1.29, 1.82) is 0 Å². The molecule has 2 aromatic rings. The molecular formula is C16H18N4O4. The number of nitrogens with one attached hydrogen (secondary N) is 1. The SMILES string of the molecule is COc1ccc(N2C[C@H](C(=O)NCc3nc(C)no3)CC2=O)cc1. The molecule has 1 aliphatic rings. The van der Waals surface area contributed by atoms with Gasteiger partial charge in [0.15, 0.2) is 5.82 Å². The lowest BCUT2D eigenvalue weighted by atomic mass is 10.1. The number of amides is 2. The summed E-state index contributed by atoms with van der Waals surface area (Å²) in [6.07, 6.45) is 0.181. The summed E-state index contributed by atoms with van der Waals surface area (Å²) < 4.78 is 10.1. The first kappa shape index (κ1) is 16.0. The Kier molecular flexibility index (Phi) is 4.45. The number of anilines is 1. The third-order valence-corrected chi connectivity index (χ3v) is 3.86. The Morgan fingerprint density at radius 3 is 2.79 bits per heavy atom. The number of carbonyl (C=O) groups is 2. The summed E-state index contributed by atoms with van der Waals surface area (Å²) in [5, 5.41) is 6.39. The molecule has 0 bridgehead atoms. The van der Waals surface area contributed by atoms with Crippen LogP contribution in [0, 0.1) is 12.8 Å². The second-order valence-electron chi connectivity index (χ2n) is 5.56. The molecule has 8 nitrogen and oxygen atoms in total. The van der Waals surface area contributed by atoms with E-state index in [4.69, 9.17) is 9.26 Å². The van der Waals surface area contributed by atoms with E-state index >= 15 is 0 Å². The van der Waals surface area contributed by atoms with Crippen LogP contribution in [0.1, 0.15) is 18.1 Å². The summed E-state index contributed by atoms with van der Waals surface area (Å²) in [7, 11) is 1.58. The van der Waals surface area contributed by atoms with Gasteiger partial charge >= 0.3 is 0 Å². The number of hydrogen-bond acceptors (Lipinski definition) is 6. The van der Waals surface area contributed by atoms with Gasteiger partial charge < -0.3 is 19.5 Å². The first-order valence-electron chi connectivity index (χ1n) is 7.58. The third-order valence-electron chi connectivity index (χ3n) is 3.86. The van der Waals surface area contributed by atoms with Crippen molar-refractivity contribution in [2.75, 3.05) is 18.6 Å². The van der Waals surface area contributed by atoms with Crippen LogP contribution in [-0.2, 0) is 16.1 Å². The molecule has 126 valence electrons. The van der Waals surface area contributed by atoms with Crippen molar-refractivity contribution in [3.8, 4) is 5.75 Å². The molecule has 1 aromatic carbocycles. The van der Waals surface area contributed by atoms with E-state index in [2.05, 4.69) is 15.5 Å². The summed E-state index contributed by atoms with van der Waals surface area (Å²) in [6.45, 7) is 2.21. The molecule has 1 N–H and O–H groups in total. The first-order valence-corrected chi connectivity index (χ1v) is 7.58. The van der Waals surface area contributed by atoms with Crippen molar-refractivity contribution in [3.05, 3.63) is 36.0 Å². The fourth-order valence-corrected chi connectivity index (χ4v) is 2.61. The largest absolute Gasteiger partial charge is 0.497 e. The Hall–Kier alpha value is -2.90. The summed E-state index contributed by atoms with van der Waals surface area (Å²) in [6, 6.07) is 7.18. The van der Waals surface area contributed by atoms with Crippen molar-refractivity contribution >= 4 is 17.5 Å². The van der Waals surface area contributed by atoms with Crippen LogP contribution in [0.2, 0.25) is 0 Å². The van der Waals surface area contributed by atoms with Gasteiger partial charge in [0.1, 0.15) is 5.75 Å². The van der Waals surface area contributed by atoms with Crippen molar-refractivity contribution in [2.24, 2.45) is 5.92 Å². The zero-order chi connectivity index (χ0) is 17.1. The molecular weight excluding hydrogens is 312 g/mol. The number of rotatable bonds is 5. The molecule has 2 amide bonds. The van der Waals surface area contributed by atoms with E-state index < -0.39 is 5.92 Å². The summed E-state index contributed by atoms with van der Waals surface area (Å²) >= 11 is 0. The lowest BCUT2D eigenvalue weighted by Crippen LogP contribution is -2.32. The summed E-state index contributed by atoms with van der Waals surface area (Å²) in [5.74, 6) is 0.903. The summed E-state index contributed by atoms with van der Waals surface area (Å²) in [4.78, 5) is 30.1. The third kappa shape index (κ3) is 3.37. The highest BCUT2D eigenvalue weighted by Gasteiger charge is 2.35. The number of aromatic nitrogens is 2. The Bertz CT molecular complexity index is 741. The highest BCUT2D eigenvalue weighted by molar-refractivity contribution is 6.00. The van der Waals surface area contributed by atoms with E-state index in [1.54, 1.807) is 43.2 Å². The van der Waals surface area contributed by atoms with Gasteiger partial charge in [-0.1, -0.05) is 5.16 Å². The van der Waals surface area contributed by atoms with Gasteiger partial charge in [-0.05, 0) is 31.2 Å². The Balaban J connectivity index is 1.59. The molecule has 0 unspecified atom stereocenters. The predicted octanol–water partition coefficient (Wildman–Crippen LogP) is 1.06. The maximum absolute atomic E-state index is 12.2. The minimum absolute atomic E-state index is 0.0750. The molecule has 1 atom stereocenters. The molecule has 8 heteroatoms. The maximum Gasteiger partial charge on any atom is 0.246 e.